The Bertz CT molecular complexity index is 991. The summed E-state index contributed by atoms with van der Waals surface area (Å²) in [4.78, 5) is 18.6. The number of carbonyl (C=O) groups is 1. The standard InChI is InChI=1S/C19H17FN2O3S2/c20-14-8-6-13(7-9-14)10-18(23)21-19-22(15-4-2-1-3-5-15)16-11-27(24,25)12-17(16)26-19/h1-9,16-17H,10-12H2/t16-,17+/m1/s1. The number of amidine groups is 1. The third-order valence-corrected chi connectivity index (χ3v) is 7.80. The zero-order valence-electron chi connectivity index (χ0n) is 14.3. The lowest BCUT2D eigenvalue weighted by molar-refractivity contribution is -0.117. The van der Waals surface area contributed by atoms with Crippen LogP contribution < -0.4 is 4.90 Å². The fourth-order valence-corrected chi connectivity index (χ4v) is 7.31. The van der Waals surface area contributed by atoms with Crippen LogP contribution in [-0.2, 0) is 21.1 Å². The highest BCUT2D eigenvalue weighted by atomic mass is 32.2. The largest absolute Gasteiger partial charge is 0.316 e. The number of fused-ring (bicyclic) bond motifs is 1. The molecule has 27 heavy (non-hydrogen) atoms. The molecule has 5 nitrogen and oxygen atoms in total. The van der Waals surface area contributed by atoms with Crippen LogP contribution in [0.1, 0.15) is 5.56 Å². The van der Waals surface area contributed by atoms with E-state index in [2.05, 4.69) is 4.99 Å². The summed E-state index contributed by atoms with van der Waals surface area (Å²) in [7, 11) is -3.09. The van der Waals surface area contributed by atoms with Crippen molar-refractivity contribution in [2.24, 2.45) is 4.99 Å². The topological polar surface area (TPSA) is 66.8 Å². The summed E-state index contributed by atoms with van der Waals surface area (Å²) in [5, 5.41) is 0.394. The van der Waals surface area contributed by atoms with E-state index in [1.807, 2.05) is 35.2 Å². The predicted octanol–water partition coefficient (Wildman–Crippen LogP) is 2.67. The summed E-state index contributed by atoms with van der Waals surface area (Å²) in [6.45, 7) is 0. The van der Waals surface area contributed by atoms with Gasteiger partial charge < -0.3 is 4.90 Å². The van der Waals surface area contributed by atoms with E-state index in [-0.39, 0.29) is 40.9 Å². The quantitative estimate of drug-likeness (QED) is 0.787. The Morgan fingerprint density at radius 2 is 1.81 bits per heavy atom. The molecule has 0 unspecified atom stereocenters. The molecule has 0 aliphatic carbocycles. The van der Waals surface area contributed by atoms with Crippen molar-refractivity contribution in [1.29, 1.82) is 0 Å². The van der Waals surface area contributed by atoms with E-state index in [9.17, 15) is 17.6 Å². The molecule has 8 heteroatoms. The number of hydrogen-bond donors (Lipinski definition) is 0. The summed E-state index contributed by atoms with van der Waals surface area (Å²) in [6, 6.07) is 14.9. The molecular weight excluding hydrogens is 387 g/mol. The van der Waals surface area contributed by atoms with E-state index in [0.717, 1.165) is 5.69 Å². The lowest BCUT2D eigenvalue weighted by Gasteiger charge is -2.24. The number of amides is 1. The Kier molecular flexibility index (Phi) is 4.77. The van der Waals surface area contributed by atoms with Crippen LogP contribution in [0.15, 0.2) is 59.6 Å². The van der Waals surface area contributed by atoms with Crippen LogP contribution in [0, 0.1) is 5.82 Å². The monoisotopic (exact) mass is 404 g/mol. The minimum Gasteiger partial charge on any atom is -0.316 e. The Morgan fingerprint density at radius 1 is 1.11 bits per heavy atom. The zero-order valence-corrected chi connectivity index (χ0v) is 15.9. The van der Waals surface area contributed by atoms with Gasteiger partial charge in [-0.05, 0) is 29.8 Å². The van der Waals surface area contributed by atoms with Gasteiger partial charge in [0.15, 0.2) is 15.0 Å². The van der Waals surface area contributed by atoms with Crippen molar-refractivity contribution in [3.8, 4) is 0 Å². The fraction of sp³-hybridized carbons (Fsp3) is 0.263. The van der Waals surface area contributed by atoms with Crippen LogP contribution in [0.2, 0.25) is 0 Å². The number of anilines is 1. The van der Waals surface area contributed by atoms with Crippen molar-refractivity contribution in [2.75, 3.05) is 16.4 Å². The van der Waals surface area contributed by atoms with E-state index < -0.39 is 9.84 Å². The predicted molar refractivity (Wildman–Crippen MR) is 105 cm³/mol. The van der Waals surface area contributed by atoms with Crippen LogP contribution in [0.3, 0.4) is 0 Å². The maximum Gasteiger partial charge on any atom is 0.252 e. The van der Waals surface area contributed by atoms with Gasteiger partial charge in [0.2, 0.25) is 0 Å². The molecule has 0 N–H and O–H groups in total. The molecule has 0 bridgehead atoms. The second-order valence-corrected chi connectivity index (χ2v) is 9.96. The highest BCUT2D eigenvalue weighted by molar-refractivity contribution is 8.16. The van der Waals surface area contributed by atoms with E-state index >= 15 is 0 Å². The van der Waals surface area contributed by atoms with Crippen LogP contribution in [0.4, 0.5) is 10.1 Å². The third-order valence-electron chi connectivity index (χ3n) is 4.59. The van der Waals surface area contributed by atoms with Gasteiger partial charge in [-0.3, -0.25) is 4.79 Å². The van der Waals surface area contributed by atoms with Crippen molar-refractivity contribution in [1.82, 2.24) is 0 Å². The Morgan fingerprint density at radius 3 is 2.52 bits per heavy atom. The summed E-state index contributed by atoms with van der Waals surface area (Å²) in [6.07, 6.45) is 0.0700. The molecule has 0 aromatic heterocycles. The number of carbonyl (C=O) groups excluding carboxylic acids is 1. The van der Waals surface area contributed by atoms with Crippen LogP contribution >= 0.6 is 11.8 Å². The van der Waals surface area contributed by atoms with Gasteiger partial charge in [0.25, 0.3) is 5.91 Å². The summed E-state index contributed by atoms with van der Waals surface area (Å²) < 4.78 is 37.1. The first-order valence-corrected chi connectivity index (χ1v) is 11.2. The highest BCUT2D eigenvalue weighted by Crippen LogP contribution is 2.40. The van der Waals surface area contributed by atoms with Gasteiger partial charge in [-0.25, -0.2) is 12.8 Å². The lowest BCUT2D eigenvalue weighted by atomic mass is 10.1. The van der Waals surface area contributed by atoms with Crippen molar-refractivity contribution < 1.29 is 17.6 Å². The number of para-hydroxylation sites is 1. The summed E-state index contributed by atoms with van der Waals surface area (Å²) in [5.41, 5.74) is 1.51. The molecule has 2 aliphatic heterocycles. The molecule has 140 valence electrons. The normalized spacial score (nSPS) is 24.9. The Labute approximate surface area is 161 Å². The first kappa shape index (κ1) is 18.2. The third kappa shape index (κ3) is 3.91. The molecule has 2 aromatic rings. The fourth-order valence-electron chi connectivity index (χ4n) is 3.38. The van der Waals surface area contributed by atoms with Crippen molar-refractivity contribution in [2.45, 2.75) is 17.7 Å². The van der Waals surface area contributed by atoms with Gasteiger partial charge in [0.05, 0.1) is 24.0 Å². The molecule has 4 rings (SSSR count). The average Bonchev–Trinajstić information content (AvgIpc) is 3.08. The van der Waals surface area contributed by atoms with Crippen molar-refractivity contribution in [3.63, 3.8) is 0 Å². The average molecular weight is 404 g/mol. The number of nitrogens with zero attached hydrogens (tertiary/aromatic N) is 2. The molecular formula is C19H17FN2O3S2. The maximum absolute atomic E-state index is 13.0. The van der Waals surface area contributed by atoms with E-state index in [4.69, 9.17) is 0 Å². The van der Waals surface area contributed by atoms with Gasteiger partial charge in [-0.15, -0.1) is 0 Å². The van der Waals surface area contributed by atoms with E-state index in [1.165, 1.54) is 23.9 Å². The van der Waals surface area contributed by atoms with E-state index in [1.54, 1.807) is 12.1 Å². The first-order chi connectivity index (χ1) is 12.9. The second kappa shape index (κ2) is 7.09. The number of thioether (sulfide) groups is 1. The van der Waals surface area contributed by atoms with Crippen LogP contribution in [0.5, 0.6) is 0 Å². The number of rotatable bonds is 3. The molecule has 0 saturated carbocycles. The van der Waals surface area contributed by atoms with Crippen molar-refractivity contribution in [3.05, 3.63) is 66.0 Å². The zero-order chi connectivity index (χ0) is 19.0. The second-order valence-electron chi connectivity index (χ2n) is 6.60. The number of hydrogen-bond acceptors (Lipinski definition) is 4. The van der Waals surface area contributed by atoms with Gasteiger partial charge in [0, 0.05) is 10.9 Å². The molecule has 0 spiro atoms. The summed E-state index contributed by atoms with van der Waals surface area (Å²) in [5.74, 6) is -0.539. The number of sulfone groups is 1. The number of halogens is 1. The van der Waals surface area contributed by atoms with Crippen molar-refractivity contribution >= 4 is 38.4 Å². The Hall–Kier alpha value is -2.19. The smallest absolute Gasteiger partial charge is 0.252 e. The molecule has 2 aromatic carbocycles. The maximum atomic E-state index is 13.0. The highest BCUT2D eigenvalue weighted by Gasteiger charge is 2.49. The Balaban J connectivity index is 1.61. The lowest BCUT2D eigenvalue weighted by Crippen LogP contribution is -2.37. The minimum atomic E-state index is -3.09. The molecule has 2 atom stereocenters. The molecule has 2 heterocycles. The number of aliphatic imine (C=N–C) groups is 1. The molecule has 2 saturated heterocycles. The SMILES string of the molecule is O=C(Cc1ccc(F)cc1)N=C1S[C@H]2CS(=O)(=O)C[C@H]2N1c1ccccc1. The molecule has 2 fully saturated rings. The van der Waals surface area contributed by atoms with Gasteiger partial charge in [-0.1, -0.05) is 42.1 Å². The van der Waals surface area contributed by atoms with Crippen LogP contribution in [0.25, 0.3) is 0 Å². The molecule has 2 aliphatic rings. The van der Waals surface area contributed by atoms with Gasteiger partial charge in [-0.2, -0.15) is 4.99 Å². The molecule has 0 radical (unpaired) electrons. The number of benzene rings is 2. The van der Waals surface area contributed by atoms with E-state index in [0.29, 0.717) is 10.7 Å². The minimum absolute atomic E-state index is 0.0603. The van der Waals surface area contributed by atoms with Gasteiger partial charge >= 0.3 is 0 Å². The van der Waals surface area contributed by atoms with Crippen LogP contribution in [-0.4, -0.2) is 42.3 Å². The molecule has 1 amide bonds. The van der Waals surface area contributed by atoms with Gasteiger partial charge in [0.1, 0.15) is 5.82 Å². The summed E-state index contributed by atoms with van der Waals surface area (Å²) >= 11 is 1.34. The first-order valence-electron chi connectivity index (χ1n) is 8.49.